The summed E-state index contributed by atoms with van der Waals surface area (Å²) in [5.74, 6) is 0.268. The highest BCUT2D eigenvalue weighted by molar-refractivity contribution is 5.90. The average molecular weight is 352 g/mol. The molecule has 0 bridgehead atoms. The Morgan fingerprint density at radius 2 is 1.80 bits per heavy atom. The molecule has 1 amide bonds. The molecule has 0 aliphatic rings. The minimum absolute atomic E-state index is 0.0112. The lowest BCUT2D eigenvalue weighted by atomic mass is 9.91. The summed E-state index contributed by atoms with van der Waals surface area (Å²) in [5.41, 5.74) is 6.25. The summed E-state index contributed by atoms with van der Waals surface area (Å²) in [6.07, 6.45) is 5.77. The number of nitrogens with two attached hydrogens (primary N) is 1. The Hall–Kier alpha value is -1.47. The van der Waals surface area contributed by atoms with Gasteiger partial charge in [0.2, 0.25) is 5.91 Å². The van der Waals surface area contributed by atoms with Crippen molar-refractivity contribution in [2.75, 3.05) is 18.5 Å². The molecule has 6 nitrogen and oxygen atoms in total. The summed E-state index contributed by atoms with van der Waals surface area (Å²) in [6, 6.07) is 9.43. The summed E-state index contributed by atoms with van der Waals surface area (Å²) in [5, 5.41) is 21.1. The minimum Gasteiger partial charge on any atom is -0.393 e. The zero-order valence-electron chi connectivity index (χ0n) is 14.9. The molecule has 25 heavy (non-hydrogen) atoms. The lowest BCUT2D eigenvalue weighted by Gasteiger charge is -2.18. The molecule has 1 rings (SSSR count). The van der Waals surface area contributed by atoms with E-state index >= 15 is 0 Å². The number of hydrogen-bond donors (Lipinski definition) is 4. The quantitative estimate of drug-likeness (QED) is 0.234. The molecule has 0 radical (unpaired) electrons. The van der Waals surface area contributed by atoms with Crippen LogP contribution in [0.2, 0.25) is 0 Å². The van der Waals surface area contributed by atoms with Crippen molar-refractivity contribution in [2.45, 2.75) is 57.5 Å². The second kappa shape index (κ2) is 13.8. The van der Waals surface area contributed by atoms with Gasteiger partial charge in [-0.2, -0.15) is 0 Å². The molecule has 0 spiro atoms. The van der Waals surface area contributed by atoms with Gasteiger partial charge < -0.3 is 16.2 Å². The molecule has 0 saturated carbocycles. The molecule has 2 unspecified atom stereocenters. The predicted molar refractivity (Wildman–Crippen MR) is 99.1 cm³/mol. The topological polar surface area (TPSA) is 105 Å². The summed E-state index contributed by atoms with van der Waals surface area (Å²) < 4.78 is 0. The van der Waals surface area contributed by atoms with Crippen molar-refractivity contribution < 1.29 is 20.0 Å². The number of carbonyl (C=O) groups is 1. The van der Waals surface area contributed by atoms with Crippen LogP contribution >= 0.6 is 0 Å². The number of amides is 1. The van der Waals surface area contributed by atoms with E-state index < -0.39 is 0 Å². The van der Waals surface area contributed by atoms with Gasteiger partial charge in [0.25, 0.3) is 0 Å². The molecule has 0 heterocycles. The highest BCUT2D eigenvalue weighted by Gasteiger charge is 2.15. The van der Waals surface area contributed by atoms with Gasteiger partial charge in [0, 0.05) is 12.1 Å². The Bertz CT molecular complexity index is 456. The van der Waals surface area contributed by atoms with E-state index in [1.165, 1.54) is 0 Å². The first kappa shape index (κ1) is 21.6. The molecule has 6 heteroatoms. The van der Waals surface area contributed by atoms with E-state index in [0.29, 0.717) is 32.4 Å². The maximum Gasteiger partial charge on any atom is 0.224 e. The molecule has 5 N–H and O–H groups in total. The summed E-state index contributed by atoms with van der Waals surface area (Å²) >= 11 is 0. The molecule has 0 fully saturated rings. The van der Waals surface area contributed by atoms with Crippen molar-refractivity contribution in [3.8, 4) is 0 Å². The van der Waals surface area contributed by atoms with Gasteiger partial charge in [-0.15, -0.1) is 0 Å². The Morgan fingerprint density at radius 1 is 1.08 bits per heavy atom. The van der Waals surface area contributed by atoms with Crippen LogP contribution in [0.25, 0.3) is 0 Å². The molecule has 0 saturated heterocycles. The number of benzene rings is 1. The van der Waals surface area contributed by atoms with E-state index in [9.17, 15) is 9.90 Å². The molecule has 142 valence electrons. The second-order valence-electron chi connectivity index (χ2n) is 6.48. The third-order valence-electron chi connectivity index (χ3n) is 4.28. The Kier molecular flexibility index (Phi) is 11.9. The third kappa shape index (κ3) is 10.9. The number of aliphatic hydroxyl groups is 1. The SMILES string of the molecule is NCCC(O)CCCC(CCCCOO)CC(=O)Nc1ccccc1. The zero-order chi connectivity index (χ0) is 18.3. The molecule has 0 aliphatic heterocycles. The molecule has 1 aromatic rings. The maximum absolute atomic E-state index is 12.3. The second-order valence-corrected chi connectivity index (χ2v) is 6.48. The number of aliphatic hydroxyl groups excluding tert-OH is 1. The van der Waals surface area contributed by atoms with E-state index in [1.807, 2.05) is 30.3 Å². The van der Waals surface area contributed by atoms with E-state index in [2.05, 4.69) is 10.2 Å². The summed E-state index contributed by atoms with van der Waals surface area (Å²) in [4.78, 5) is 16.4. The van der Waals surface area contributed by atoms with Gasteiger partial charge in [-0.05, 0) is 56.7 Å². The maximum atomic E-state index is 12.3. The fourth-order valence-corrected chi connectivity index (χ4v) is 2.92. The predicted octanol–water partition coefficient (Wildman–Crippen LogP) is 3.17. The number of anilines is 1. The first-order chi connectivity index (χ1) is 12.2. The Morgan fingerprint density at radius 3 is 2.48 bits per heavy atom. The fourth-order valence-electron chi connectivity index (χ4n) is 2.92. The smallest absolute Gasteiger partial charge is 0.224 e. The van der Waals surface area contributed by atoms with Gasteiger partial charge in [-0.25, -0.2) is 4.89 Å². The largest absolute Gasteiger partial charge is 0.393 e. The minimum atomic E-state index is -0.355. The number of nitrogens with one attached hydrogen (secondary N) is 1. The zero-order valence-corrected chi connectivity index (χ0v) is 14.9. The van der Waals surface area contributed by atoms with E-state index in [1.54, 1.807) is 0 Å². The van der Waals surface area contributed by atoms with E-state index in [0.717, 1.165) is 37.8 Å². The molecule has 0 aromatic heterocycles. The van der Waals surface area contributed by atoms with Gasteiger partial charge in [0.15, 0.2) is 0 Å². The van der Waals surface area contributed by atoms with Crippen molar-refractivity contribution in [2.24, 2.45) is 11.7 Å². The van der Waals surface area contributed by atoms with Gasteiger partial charge in [-0.3, -0.25) is 10.1 Å². The van der Waals surface area contributed by atoms with Crippen LogP contribution in [0.4, 0.5) is 5.69 Å². The van der Waals surface area contributed by atoms with E-state index in [4.69, 9.17) is 11.0 Å². The van der Waals surface area contributed by atoms with Crippen LogP contribution in [0.15, 0.2) is 30.3 Å². The fraction of sp³-hybridized carbons (Fsp3) is 0.632. The monoisotopic (exact) mass is 352 g/mol. The van der Waals surface area contributed by atoms with Crippen LogP contribution in [0.3, 0.4) is 0 Å². The van der Waals surface area contributed by atoms with Gasteiger partial charge in [-0.1, -0.05) is 31.0 Å². The molecule has 1 aromatic carbocycles. The highest BCUT2D eigenvalue weighted by Crippen LogP contribution is 2.22. The molecular weight excluding hydrogens is 320 g/mol. The van der Waals surface area contributed by atoms with Gasteiger partial charge >= 0.3 is 0 Å². The first-order valence-electron chi connectivity index (χ1n) is 9.15. The van der Waals surface area contributed by atoms with Gasteiger partial charge in [0.05, 0.1) is 12.7 Å². The Balaban J connectivity index is 2.41. The number of para-hydroxylation sites is 1. The van der Waals surface area contributed by atoms with Crippen LogP contribution < -0.4 is 11.1 Å². The highest BCUT2D eigenvalue weighted by atomic mass is 17.1. The van der Waals surface area contributed by atoms with Crippen LogP contribution in [0.5, 0.6) is 0 Å². The normalized spacial score (nSPS) is 13.4. The van der Waals surface area contributed by atoms with Crippen molar-refractivity contribution >= 4 is 11.6 Å². The third-order valence-corrected chi connectivity index (χ3v) is 4.28. The van der Waals surface area contributed by atoms with Crippen molar-refractivity contribution in [3.05, 3.63) is 30.3 Å². The average Bonchev–Trinajstić information content (AvgIpc) is 2.59. The van der Waals surface area contributed by atoms with Gasteiger partial charge in [0.1, 0.15) is 0 Å². The Labute approximate surface area is 150 Å². The van der Waals surface area contributed by atoms with Crippen LogP contribution in [-0.2, 0) is 9.68 Å². The molecule has 0 aliphatic carbocycles. The summed E-state index contributed by atoms with van der Waals surface area (Å²) in [7, 11) is 0. The van der Waals surface area contributed by atoms with Crippen LogP contribution in [0.1, 0.15) is 51.4 Å². The molecular formula is C19H32N2O4. The van der Waals surface area contributed by atoms with E-state index in [-0.39, 0.29) is 17.9 Å². The number of hydrogen-bond acceptors (Lipinski definition) is 5. The number of rotatable bonds is 14. The lowest BCUT2D eigenvalue weighted by Crippen LogP contribution is -2.18. The number of carbonyl (C=O) groups excluding carboxylic acids is 1. The molecule has 2 atom stereocenters. The van der Waals surface area contributed by atoms with Crippen molar-refractivity contribution in [3.63, 3.8) is 0 Å². The number of unbranched alkanes of at least 4 members (excludes halogenated alkanes) is 1. The van der Waals surface area contributed by atoms with Crippen molar-refractivity contribution in [1.29, 1.82) is 0 Å². The first-order valence-corrected chi connectivity index (χ1v) is 9.15. The standard InChI is InChI=1S/C19H32N2O4/c20-13-12-18(22)11-6-8-16(7-4-5-14-25-24)15-19(23)21-17-9-2-1-3-10-17/h1-3,9-10,16,18,22,24H,4-8,11-15,20H2,(H,21,23). The summed E-state index contributed by atoms with van der Waals surface area (Å²) in [6.45, 7) is 0.809. The van der Waals surface area contributed by atoms with Crippen LogP contribution in [-0.4, -0.2) is 35.5 Å². The van der Waals surface area contributed by atoms with Crippen molar-refractivity contribution in [1.82, 2.24) is 0 Å². The lowest BCUT2D eigenvalue weighted by molar-refractivity contribution is -0.242. The van der Waals surface area contributed by atoms with Crippen LogP contribution in [0, 0.1) is 5.92 Å².